The molecule has 0 saturated heterocycles. The molecular formula is C17H14F6O2S2. The van der Waals surface area contributed by atoms with Crippen molar-refractivity contribution in [2.75, 3.05) is 13.2 Å². The Kier molecular flexibility index (Phi) is 3.75. The highest BCUT2D eigenvalue weighted by Crippen LogP contribution is 2.76. The lowest BCUT2D eigenvalue weighted by Gasteiger charge is -2.45. The molecule has 4 aliphatic rings. The van der Waals surface area contributed by atoms with Gasteiger partial charge in [0.25, 0.3) is 0 Å². The maximum absolute atomic E-state index is 14.7. The molecule has 148 valence electrons. The molecule has 0 aromatic rings. The fraction of sp³-hybridized carbons (Fsp3) is 0.529. The number of alkyl halides is 6. The van der Waals surface area contributed by atoms with Gasteiger partial charge in [-0.3, -0.25) is 0 Å². The molecule has 1 fully saturated rings. The lowest BCUT2D eigenvalue weighted by atomic mass is 9.60. The van der Waals surface area contributed by atoms with Gasteiger partial charge in [0, 0.05) is 41.6 Å². The van der Waals surface area contributed by atoms with Gasteiger partial charge >= 0.3 is 17.8 Å². The van der Waals surface area contributed by atoms with E-state index >= 15 is 0 Å². The van der Waals surface area contributed by atoms with Crippen LogP contribution < -0.4 is 0 Å². The topological polar surface area (TPSA) is 40.5 Å². The predicted molar refractivity (Wildman–Crippen MR) is 90.6 cm³/mol. The standard InChI is InChI=1S/C17H14F6O2S2/c1-13-3-7(5-24)26-11(13)9-10(12-14(13,2)4-8(6-25)27-12)16(20,21)17(22,23)15(9,18)19/h3-4,24-25H,5-6H2,1-2H3/t13-,14-/m0/s1. The lowest BCUT2D eigenvalue weighted by molar-refractivity contribution is -0.258. The Morgan fingerprint density at radius 3 is 1.37 bits per heavy atom. The molecule has 4 rings (SSSR count). The first kappa shape index (κ1) is 19.5. The third kappa shape index (κ3) is 1.91. The normalized spacial score (nSPS) is 37.9. The minimum atomic E-state index is -5.58. The molecule has 0 aromatic carbocycles. The molecule has 0 aromatic heterocycles. The van der Waals surface area contributed by atoms with Crippen molar-refractivity contribution in [1.29, 1.82) is 0 Å². The first-order chi connectivity index (χ1) is 12.3. The number of rotatable bonds is 2. The first-order valence-corrected chi connectivity index (χ1v) is 9.58. The summed E-state index contributed by atoms with van der Waals surface area (Å²) in [6, 6.07) is 0. The van der Waals surface area contributed by atoms with Crippen molar-refractivity contribution in [3.8, 4) is 0 Å². The van der Waals surface area contributed by atoms with Crippen LogP contribution in [-0.2, 0) is 0 Å². The molecule has 0 amide bonds. The van der Waals surface area contributed by atoms with Gasteiger partial charge < -0.3 is 10.2 Å². The van der Waals surface area contributed by atoms with Gasteiger partial charge in [-0.1, -0.05) is 49.5 Å². The number of hydrogen-bond donors (Lipinski definition) is 2. The second kappa shape index (κ2) is 5.20. The summed E-state index contributed by atoms with van der Waals surface area (Å²) in [7, 11) is 0. The quantitative estimate of drug-likeness (QED) is 0.627. The van der Waals surface area contributed by atoms with Crippen LogP contribution in [0.3, 0.4) is 0 Å². The van der Waals surface area contributed by atoms with Crippen LogP contribution in [0.4, 0.5) is 26.3 Å². The Balaban J connectivity index is 2.14. The van der Waals surface area contributed by atoms with E-state index in [0.29, 0.717) is 23.5 Å². The smallest absolute Gasteiger partial charge is 0.380 e. The number of allylic oxidation sites excluding steroid dienone is 6. The monoisotopic (exact) mass is 428 g/mol. The van der Waals surface area contributed by atoms with E-state index in [4.69, 9.17) is 0 Å². The fourth-order valence-electron chi connectivity index (χ4n) is 4.19. The van der Waals surface area contributed by atoms with Gasteiger partial charge in [0.1, 0.15) is 0 Å². The number of halogens is 6. The lowest BCUT2D eigenvalue weighted by Crippen LogP contribution is -2.47. The van der Waals surface area contributed by atoms with Crippen LogP contribution in [0.15, 0.2) is 42.9 Å². The van der Waals surface area contributed by atoms with Gasteiger partial charge in [-0.15, -0.1) is 0 Å². The molecule has 0 radical (unpaired) electrons. The van der Waals surface area contributed by atoms with Crippen molar-refractivity contribution in [2.24, 2.45) is 10.8 Å². The van der Waals surface area contributed by atoms with Gasteiger partial charge in [0.05, 0.1) is 13.2 Å². The van der Waals surface area contributed by atoms with Crippen molar-refractivity contribution in [2.45, 2.75) is 31.6 Å². The molecule has 2 aliphatic heterocycles. The summed E-state index contributed by atoms with van der Waals surface area (Å²) >= 11 is 1.28. The van der Waals surface area contributed by atoms with Gasteiger partial charge in [-0.05, 0) is 0 Å². The molecule has 2 atom stereocenters. The molecule has 0 bridgehead atoms. The van der Waals surface area contributed by atoms with Crippen LogP contribution in [0.2, 0.25) is 0 Å². The number of thioether (sulfide) groups is 2. The Morgan fingerprint density at radius 1 is 0.741 bits per heavy atom. The summed E-state index contributed by atoms with van der Waals surface area (Å²) in [6.45, 7) is 1.95. The van der Waals surface area contributed by atoms with Crippen molar-refractivity contribution in [1.82, 2.24) is 0 Å². The van der Waals surface area contributed by atoms with Gasteiger partial charge in [0.2, 0.25) is 0 Å². The molecule has 0 spiro atoms. The zero-order valence-corrected chi connectivity index (χ0v) is 15.7. The van der Waals surface area contributed by atoms with Crippen molar-refractivity contribution in [3.63, 3.8) is 0 Å². The number of fused-ring (bicyclic) bond motifs is 4. The molecular weight excluding hydrogens is 414 g/mol. The fourth-order valence-corrected chi connectivity index (χ4v) is 7.07. The molecule has 1 saturated carbocycles. The molecule has 2 aliphatic carbocycles. The third-order valence-electron chi connectivity index (χ3n) is 5.82. The predicted octanol–water partition coefficient (Wildman–Crippen LogP) is 4.69. The van der Waals surface area contributed by atoms with Crippen LogP contribution in [-0.4, -0.2) is 41.2 Å². The van der Waals surface area contributed by atoms with Crippen LogP contribution in [0.25, 0.3) is 0 Å². The number of aliphatic hydroxyl groups excluding tert-OH is 2. The maximum atomic E-state index is 14.7. The van der Waals surface area contributed by atoms with E-state index in [0.717, 1.165) is 0 Å². The largest absolute Gasteiger partial charge is 0.391 e. The van der Waals surface area contributed by atoms with E-state index in [2.05, 4.69) is 0 Å². The second-order valence-corrected chi connectivity index (χ2v) is 9.55. The zero-order chi connectivity index (χ0) is 20.2. The molecule has 2 heterocycles. The van der Waals surface area contributed by atoms with Crippen molar-refractivity contribution >= 4 is 23.5 Å². The minimum Gasteiger partial charge on any atom is -0.391 e. The minimum absolute atomic E-state index is 0.229. The van der Waals surface area contributed by atoms with E-state index in [1.54, 1.807) is 0 Å². The zero-order valence-electron chi connectivity index (χ0n) is 14.0. The average Bonchev–Trinajstić information content (AvgIpc) is 3.13. The molecule has 2 N–H and O–H groups in total. The van der Waals surface area contributed by atoms with Gasteiger partial charge in [-0.2, -0.15) is 26.3 Å². The highest BCUT2D eigenvalue weighted by Gasteiger charge is 2.84. The second-order valence-electron chi connectivity index (χ2n) is 7.28. The average molecular weight is 428 g/mol. The van der Waals surface area contributed by atoms with Gasteiger partial charge in [-0.25, -0.2) is 0 Å². The summed E-state index contributed by atoms with van der Waals surface area (Å²) in [5, 5.41) is 18.9. The van der Waals surface area contributed by atoms with E-state index in [1.807, 2.05) is 0 Å². The van der Waals surface area contributed by atoms with E-state index in [1.165, 1.54) is 26.0 Å². The van der Waals surface area contributed by atoms with Crippen LogP contribution in [0.1, 0.15) is 13.8 Å². The first-order valence-electron chi connectivity index (χ1n) is 7.94. The number of aliphatic hydroxyl groups is 2. The Morgan fingerprint density at radius 2 is 1.07 bits per heavy atom. The van der Waals surface area contributed by atoms with E-state index in [9.17, 15) is 36.6 Å². The van der Waals surface area contributed by atoms with E-state index < -0.39 is 53.0 Å². The highest BCUT2D eigenvalue weighted by atomic mass is 32.2. The van der Waals surface area contributed by atoms with Crippen LogP contribution in [0, 0.1) is 10.8 Å². The molecule has 27 heavy (non-hydrogen) atoms. The molecule has 10 heteroatoms. The molecule has 2 nitrogen and oxygen atoms in total. The Labute approximate surface area is 159 Å². The highest BCUT2D eigenvalue weighted by molar-refractivity contribution is 8.07. The summed E-state index contributed by atoms with van der Waals surface area (Å²) in [4.78, 5) is -0.143. The van der Waals surface area contributed by atoms with Crippen LogP contribution >= 0.6 is 23.5 Å². The van der Waals surface area contributed by atoms with E-state index in [-0.39, 0.29) is 19.6 Å². The number of hydrogen-bond acceptors (Lipinski definition) is 4. The summed E-state index contributed by atoms with van der Waals surface area (Å²) in [5.41, 5.74) is -5.35. The Hall–Kier alpha value is -0.840. The Bertz CT molecular complexity index is 818. The van der Waals surface area contributed by atoms with Gasteiger partial charge in [0.15, 0.2) is 0 Å². The SMILES string of the molecule is C[C@]12C=C(CO)SC1=C1C(=C3SC(CO)=C[C@@]32C)C(F)(F)C(F)(F)C1(F)F. The third-order valence-corrected chi connectivity index (χ3v) is 8.50. The molecule has 0 unspecified atom stereocenters. The summed E-state index contributed by atoms with van der Waals surface area (Å²) < 4.78 is 87.0. The maximum Gasteiger partial charge on any atom is 0.380 e. The van der Waals surface area contributed by atoms with Crippen molar-refractivity contribution in [3.05, 3.63) is 42.9 Å². The van der Waals surface area contributed by atoms with Crippen LogP contribution in [0.5, 0.6) is 0 Å². The summed E-state index contributed by atoms with van der Waals surface area (Å²) in [5.74, 6) is -15.7. The summed E-state index contributed by atoms with van der Waals surface area (Å²) in [6.07, 6.45) is 2.94. The van der Waals surface area contributed by atoms with Crippen molar-refractivity contribution < 1.29 is 36.6 Å².